The minimum absolute atomic E-state index is 0.120. The van der Waals surface area contributed by atoms with Crippen LogP contribution in [0.15, 0.2) is 22.7 Å². The van der Waals surface area contributed by atoms with E-state index < -0.39 is 5.97 Å². The summed E-state index contributed by atoms with van der Waals surface area (Å²) in [5.74, 6) is -0.964. The molecule has 1 atom stereocenters. The molecule has 17 heavy (non-hydrogen) atoms. The average Bonchev–Trinajstić information content (AvgIpc) is 2.25. The van der Waals surface area contributed by atoms with Crippen molar-refractivity contribution in [2.24, 2.45) is 0 Å². The van der Waals surface area contributed by atoms with Gasteiger partial charge in [0.15, 0.2) is 0 Å². The van der Waals surface area contributed by atoms with Crippen molar-refractivity contribution in [2.75, 3.05) is 11.9 Å². The van der Waals surface area contributed by atoms with Gasteiger partial charge in [0, 0.05) is 17.1 Å². The number of aromatic carboxylic acids is 1. The Hall–Kier alpha value is -1.07. The van der Waals surface area contributed by atoms with Crippen molar-refractivity contribution in [2.45, 2.75) is 25.8 Å². The van der Waals surface area contributed by atoms with Gasteiger partial charge in [-0.05, 0) is 47.8 Å². The Morgan fingerprint density at radius 1 is 1.53 bits per heavy atom. The molecule has 3 N–H and O–H groups in total. The maximum Gasteiger partial charge on any atom is 0.338 e. The molecule has 0 radical (unpaired) electrons. The topological polar surface area (TPSA) is 69.6 Å². The molecule has 1 aromatic rings. The fourth-order valence-electron chi connectivity index (χ4n) is 1.60. The Morgan fingerprint density at radius 2 is 2.24 bits per heavy atom. The molecule has 1 unspecified atom stereocenters. The standard InChI is InChI=1S/C12H16BrNO3/c1-8(4-3-7-15)14-10-6-2-5-9(13)11(10)12(16)17/h2,5-6,8,14-15H,3-4,7H2,1H3,(H,16,17). The number of hydrogen-bond acceptors (Lipinski definition) is 3. The van der Waals surface area contributed by atoms with Gasteiger partial charge in [0.25, 0.3) is 0 Å². The van der Waals surface area contributed by atoms with Crippen LogP contribution >= 0.6 is 15.9 Å². The fourth-order valence-corrected chi connectivity index (χ4v) is 2.13. The zero-order chi connectivity index (χ0) is 12.8. The molecule has 0 spiro atoms. The molecule has 0 saturated carbocycles. The van der Waals surface area contributed by atoms with E-state index in [0.29, 0.717) is 16.6 Å². The van der Waals surface area contributed by atoms with Crippen molar-refractivity contribution in [1.82, 2.24) is 0 Å². The molecule has 0 aliphatic rings. The Labute approximate surface area is 109 Å². The van der Waals surface area contributed by atoms with Crippen molar-refractivity contribution < 1.29 is 15.0 Å². The van der Waals surface area contributed by atoms with Crippen LogP contribution < -0.4 is 5.32 Å². The van der Waals surface area contributed by atoms with Crippen molar-refractivity contribution >= 4 is 27.6 Å². The van der Waals surface area contributed by atoms with Gasteiger partial charge in [-0.3, -0.25) is 0 Å². The van der Waals surface area contributed by atoms with E-state index in [-0.39, 0.29) is 18.2 Å². The van der Waals surface area contributed by atoms with Gasteiger partial charge in [-0.1, -0.05) is 6.07 Å². The molecule has 0 amide bonds. The highest BCUT2D eigenvalue weighted by Gasteiger charge is 2.15. The molecule has 0 aliphatic carbocycles. The molecule has 0 aromatic heterocycles. The van der Waals surface area contributed by atoms with Crippen LogP contribution in [0.3, 0.4) is 0 Å². The highest BCUT2D eigenvalue weighted by molar-refractivity contribution is 9.10. The number of carboxylic acid groups (broad SMARTS) is 1. The summed E-state index contributed by atoms with van der Waals surface area (Å²) in [7, 11) is 0. The smallest absolute Gasteiger partial charge is 0.338 e. The Balaban J connectivity index is 2.83. The number of carboxylic acids is 1. The summed E-state index contributed by atoms with van der Waals surface area (Å²) in [5, 5.41) is 21.0. The number of carbonyl (C=O) groups is 1. The van der Waals surface area contributed by atoms with Gasteiger partial charge in [0.05, 0.1) is 11.3 Å². The van der Waals surface area contributed by atoms with E-state index in [1.165, 1.54) is 0 Å². The minimum atomic E-state index is -0.964. The van der Waals surface area contributed by atoms with Crippen LogP contribution in [0.25, 0.3) is 0 Å². The Kier molecular flexibility index (Phi) is 5.44. The van der Waals surface area contributed by atoms with Gasteiger partial charge < -0.3 is 15.5 Å². The van der Waals surface area contributed by atoms with E-state index in [9.17, 15) is 4.79 Å². The van der Waals surface area contributed by atoms with Gasteiger partial charge in [-0.15, -0.1) is 0 Å². The first-order chi connectivity index (χ1) is 8.06. The lowest BCUT2D eigenvalue weighted by Gasteiger charge is -2.17. The molecule has 0 heterocycles. The number of nitrogens with one attached hydrogen (secondary N) is 1. The summed E-state index contributed by atoms with van der Waals surface area (Å²) in [6.07, 6.45) is 1.49. The van der Waals surface area contributed by atoms with E-state index in [1.54, 1.807) is 18.2 Å². The van der Waals surface area contributed by atoms with Gasteiger partial charge in [-0.25, -0.2) is 4.79 Å². The molecule has 0 saturated heterocycles. The van der Waals surface area contributed by atoms with Crippen LogP contribution in [-0.4, -0.2) is 28.8 Å². The number of halogens is 1. The van der Waals surface area contributed by atoms with Crippen LogP contribution in [0.2, 0.25) is 0 Å². The third-order valence-electron chi connectivity index (χ3n) is 2.42. The first kappa shape index (κ1) is 14.0. The van der Waals surface area contributed by atoms with Gasteiger partial charge in [0.2, 0.25) is 0 Å². The lowest BCUT2D eigenvalue weighted by molar-refractivity contribution is 0.0697. The normalized spacial score (nSPS) is 12.2. The molecular formula is C12H16BrNO3. The monoisotopic (exact) mass is 301 g/mol. The number of anilines is 1. The summed E-state index contributed by atoms with van der Waals surface area (Å²) < 4.78 is 0.560. The molecule has 4 nitrogen and oxygen atoms in total. The number of benzene rings is 1. The maximum atomic E-state index is 11.1. The maximum absolute atomic E-state index is 11.1. The summed E-state index contributed by atoms with van der Waals surface area (Å²) in [4.78, 5) is 11.1. The molecule has 0 aliphatic heterocycles. The second-order valence-corrected chi connectivity index (χ2v) is 4.73. The number of aliphatic hydroxyl groups excluding tert-OH is 1. The first-order valence-electron chi connectivity index (χ1n) is 5.45. The predicted molar refractivity (Wildman–Crippen MR) is 70.5 cm³/mol. The third-order valence-corrected chi connectivity index (χ3v) is 3.09. The molecule has 1 aromatic carbocycles. The zero-order valence-corrected chi connectivity index (χ0v) is 11.2. The largest absolute Gasteiger partial charge is 0.478 e. The van der Waals surface area contributed by atoms with Crippen LogP contribution in [0, 0.1) is 0 Å². The first-order valence-corrected chi connectivity index (χ1v) is 6.24. The number of hydrogen-bond donors (Lipinski definition) is 3. The van der Waals surface area contributed by atoms with Crippen molar-refractivity contribution in [1.29, 1.82) is 0 Å². The van der Waals surface area contributed by atoms with Gasteiger partial charge >= 0.3 is 5.97 Å². The SMILES string of the molecule is CC(CCCO)Nc1cccc(Br)c1C(=O)O. The fraction of sp³-hybridized carbons (Fsp3) is 0.417. The lowest BCUT2D eigenvalue weighted by atomic mass is 10.1. The molecule has 0 fully saturated rings. The van der Waals surface area contributed by atoms with Crippen LogP contribution in [-0.2, 0) is 0 Å². The van der Waals surface area contributed by atoms with Gasteiger partial charge in [-0.2, -0.15) is 0 Å². The van der Waals surface area contributed by atoms with Crippen molar-refractivity contribution in [3.8, 4) is 0 Å². The minimum Gasteiger partial charge on any atom is -0.478 e. The van der Waals surface area contributed by atoms with E-state index >= 15 is 0 Å². The van der Waals surface area contributed by atoms with Crippen LogP contribution in [0.1, 0.15) is 30.1 Å². The summed E-state index contributed by atoms with van der Waals surface area (Å²) in [5.41, 5.74) is 0.834. The van der Waals surface area contributed by atoms with Crippen LogP contribution in [0.4, 0.5) is 5.69 Å². The summed E-state index contributed by atoms with van der Waals surface area (Å²) in [6.45, 7) is 2.11. The molecular weight excluding hydrogens is 286 g/mol. The van der Waals surface area contributed by atoms with Crippen molar-refractivity contribution in [3.05, 3.63) is 28.2 Å². The molecule has 94 valence electrons. The highest BCUT2D eigenvalue weighted by Crippen LogP contribution is 2.25. The second-order valence-electron chi connectivity index (χ2n) is 3.88. The average molecular weight is 302 g/mol. The van der Waals surface area contributed by atoms with E-state index in [2.05, 4.69) is 21.2 Å². The summed E-state index contributed by atoms with van der Waals surface area (Å²) in [6, 6.07) is 5.35. The lowest BCUT2D eigenvalue weighted by Crippen LogP contribution is -2.18. The number of aliphatic hydroxyl groups is 1. The number of rotatable bonds is 6. The van der Waals surface area contributed by atoms with Crippen LogP contribution in [0.5, 0.6) is 0 Å². The van der Waals surface area contributed by atoms with Crippen molar-refractivity contribution in [3.63, 3.8) is 0 Å². The Morgan fingerprint density at radius 3 is 2.82 bits per heavy atom. The zero-order valence-electron chi connectivity index (χ0n) is 9.61. The molecule has 0 bridgehead atoms. The van der Waals surface area contributed by atoms with Gasteiger partial charge in [0.1, 0.15) is 0 Å². The Bertz CT molecular complexity index is 395. The summed E-state index contributed by atoms with van der Waals surface area (Å²) >= 11 is 3.23. The second kappa shape index (κ2) is 6.61. The van der Waals surface area contributed by atoms with E-state index in [4.69, 9.17) is 10.2 Å². The third kappa shape index (κ3) is 4.02. The predicted octanol–water partition coefficient (Wildman–Crippen LogP) is 2.72. The highest BCUT2D eigenvalue weighted by atomic mass is 79.9. The van der Waals surface area contributed by atoms with E-state index in [1.807, 2.05) is 6.92 Å². The quantitative estimate of drug-likeness (QED) is 0.755. The molecule has 5 heteroatoms. The molecule has 1 rings (SSSR count). The van der Waals surface area contributed by atoms with E-state index in [0.717, 1.165) is 6.42 Å².